The Labute approximate surface area is 109 Å². The SMILES string of the molecule is CO/C=C(\Oc1cc([N+](=O)[O-])ccc1C)C(=O)OC. The van der Waals surface area contributed by atoms with E-state index in [1.807, 2.05) is 0 Å². The summed E-state index contributed by atoms with van der Waals surface area (Å²) >= 11 is 0. The number of nitro groups is 1. The van der Waals surface area contributed by atoms with Gasteiger partial charge in [0.15, 0.2) is 0 Å². The van der Waals surface area contributed by atoms with E-state index in [1.54, 1.807) is 6.92 Å². The molecule has 0 saturated heterocycles. The molecule has 1 aromatic rings. The van der Waals surface area contributed by atoms with Gasteiger partial charge in [0, 0.05) is 6.07 Å². The zero-order valence-electron chi connectivity index (χ0n) is 10.7. The third-order valence-electron chi connectivity index (χ3n) is 2.21. The summed E-state index contributed by atoms with van der Waals surface area (Å²) in [6, 6.07) is 4.09. The van der Waals surface area contributed by atoms with Crippen molar-refractivity contribution in [3.05, 3.63) is 45.9 Å². The van der Waals surface area contributed by atoms with Gasteiger partial charge < -0.3 is 14.2 Å². The molecule has 0 aliphatic rings. The normalized spacial score (nSPS) is 10.8. The molecule has 0 N–H and O–H groups in total. The molecule has 0 atom stereocenters. The molecule has 19 heavy (non-hydrogen) atoms. The molecule has 0 aliphatic heterocycles. The lowest BCUT2D eigenvalue weighted by Crippen LogP contribution is -2.11. The van der Waals surface area contributed by atoms with Gasteiger partial charge in [-0.05, 0) is 18.6 Å². The molecule has 0 aromatic heterocycles. The Morgan fingerprint density at radius 3 is 2.58 bits per heavy atom. The van der Waals surface area contributed by atoms with Gasteiger partial charge >= 0.3 is 5.97 Å². The molecule has 0 spiro atoms. The minimum atomic E-state index is -0.743. The van der Waals surface area contributed by atoms with Crippen LogP contribution in [0.3, 0.4) is 0 Å². The topological polar surface area (TPSA) is 87.9 Å². The molecule has 0 bridgehead atoms. The van der Waals surface area contributed by atoms with Crippen LogP contribution in [0.2, 0.25) is 0 Å². The minimum absolute atomic E-state index is 0.137. The van der Waals surface area contributed by atoms with E-state index in [1.165, 1.54) is 32.4 Å². The molecule has 0 aliphatic carbocycles. The quantitative estimate of drug-likeness (QED) is 0.266. The number of nitro benzene ring substituents is 1. The summed E-state index contributed by atoms with van der Waals surface area (Å²) in [7, 11) is 2.53. The lowest BCUT2D eigenvalue weighted by atomic mass is 10.2. The number of methoxy groups -OCH3 is 2. The number of esters is 1. The molecular formula is C12H13NO6. The van der Waals surface area contributed by atoms with Crippen LogP contribution < -0.4 is 4.74 Å². The number of aryl methyl sites for hydroxylation is 1. The fourth-order valence-electron chi connectivity index (χ4n) is 1.25. The van der Waals surface area contributed by atoms with Crippen LogP contribution in [0, 0.1) is 17.0 Å². The highest BCUT2D eigenvalue weighted by atomic mass is 16.6. The van der Waals surface area contributed by atoms with Gasteiger partial charge in [-0.25, -0.2) is 4.79 Å². The van der Waals surface area contributed by atoms with Crippen LogP contribution in [-0.2, 0) is 14.3 Å². The van der Waals surface area contributed by atoms with Crippen LogP contribution in [0.1, 0.15) is 5.56 Å². The highest BCUT2D eigenvalue weighted by molar-refractivity contribution is 5.86. The van der Waals surface area contributed by atoms with E-state index in [0.29, 0.717) is 5.56 Å². The third kappa shape index (κ3) is 3.70. The summed E-state index contributed by atoms with van der Waals surface area (Å²) in [6.07, 6.45) is 1.06. The Bertz CT molecular complexity index is 523. The van der Waals surface area contributed by atoms with Crippen LogP contribution in [0.15, 0.2) is 30.2 Å². The second-order valence-electron chi connectivity index (χ2n) is 3.52. The van der Waals surface area contributed by atoms with Crippen LogP contribution >= 0.6 is 0 Å². The van der Waals surface area contributed by atoms with Gasteiger partial charge in [0.2, 0.25) is 5.76 Å². The number of carbonyl (C=O) groups excluding carboxylic acids is 1. The lowest BCUT2D eigenvalue weighted by molar-refractivity contribution is -0.384. The molecule has 0 radical (unpaired) electrons. The lowest BCUT2D eigenvalue weighted by Gasteiger charge is -2.09. The third-order valence-corrected chi connectivity index (χ3v) is 2.21. The second kappa shape index (κ2) is 6.39. The monoisotopic (exact) mass is 267 g/mol. The fourth-order valence-corrected chi connectivity index (χ4v) is 1.25. The summed E-state index contributed by atoms with van der Waals surface area (Å²) in [6.45, 7) is 1.70. The number of ether oxygens (including phenoxy) is 3. The summed E-state index contributed by atoms with van der Waals surface area (Å²) in [5, 5.41) is 10.7. The van der Waals surface area contributed by atoms with Crippen LogP contribution in [0.5, 0.6) is 5.75 Å². The average Bonchev–Trinajstić information content (AvgIpc) is 2.39. The van der Waals surface area contributed by atoms with Crippen molar-refractivity contribution in [2.45, 2.75) is 6.92 Å². The Morgan fingerprint density at radius 1 is 1.37 bits per heavy atom. The van der Waals surface area contributed by atoms with Gasteiger partial charge in [0.05, 0.1) is 25.2 Å². The van der Waals surface area contributed by atoms with Crippen molar-refractivity contribution in [3.8, 4) is 5.75 Å². The van der Waals surface area contributed by atoms with Crippen molar-refractivity contribution in [1.82, 2.24) is 0 Å². The van der Waals surface area contributed by atoms with Crippen molar-refractivity contribution >= 4 is 11.7 Å². The molecular weight excluding hydrogens is 254 g/mol. The first-order chi connectivity index (χ1) is 8.99. The zero-order valence-corrected chi connectivity index (χ0v) is 10.7. The van der Waals surface area contributed by atoms with Gasteiger partial charge in [-0.1, -0.05) is 0 Å². The highest BCUT2D eigenvalue weighted by Crippen LogP contribution is 2.25. The maximum Gasteiger partial charge on any atom is 0.377 e. The largest absolute Gasteiger partial charge is 0.500 e. The van der Waals surface area contributed by atoms with Gasteiger partial charge in [0.25, 0.3) is 5.69 Å². The summed E-state index contributed by atoms with van der Waals surface area (Å²) < 4.78 is 14.5. The van der Waals surface area contributed by atoms with E-state index >= 15 is 0 Å². The molecule has 0 fully saturated rings. The molecule has 1 rings (SSSR count). The Morgan fingerprint density at radius 2 is 2.05 bits per heavy atom. The number of benzene rings is 1. The summed E-state index contributed by atoms with van der Waals surface area (Å²) in [4.78, 5) is 21.5. The number of non-ortho nitro benzene ring substituents is 1. The van der Waals surface area contributed by atoms with Crippen molar-refractivity contribution < 1.29 is 23.9 Å². The number of carbonyl (C=O) groups is 1. The molecule has 0 unspecified atom stereocenters. The van der Waals surface area contributed by atoms with E-state index in [-0.39, 0.29) is 17.2 Å². The van der Waals surface area contributed by atoms with Gasteiger partial charge in [-0.2, -0.15) is 0 Å². The Kier molecular flexibility index (Phi) is 4.87. The van der Waals surface area contributed by atoms with Crippen LogP contribution in [0.4, 0.5) is 5.69 Å². The van der Waals surface area contributed by atoms with Gasteiger partial charge in [-0.3, -0.25) is 10.1 Å². The maximum atomic E-state index is 11.4. The number of nitrogens with zero attached hydrogens (tertiary/aromatic N) is 1. The Balaban J connectivity index is 3.09. The van der Waals surface area contributed by atoms with Crippen molar-refractivity contribution in [2.24, 2.45) is 0 Å². The molecule has 0 amide bonds. The first-order valence-corrected chi connectivity index (χ1v) is 5.23. The molecule has 0 heterocycles. The molecule has 102 valence electrons. The van der Waals surface area contributed by atoms with Crippen molar-refractivity contribution in [2.75, 3.05) is 14.2 Å². The predicted molar refractivity (Wildman–Crippen MR) is 65.6 cm³/mol. The first-order valence-electron chi connectivity index (χ1n) is 5.23. The molecule has 7 nitrogen and oxygen atoms in total. The van der Waals surface area contributed by atoms with E-state index in [4.69, 9.17) is 9.47 Å². The molecule has 1 aromatic carbocycles. The van der Waals surface area contributed by atoms with Gasteiger partial charge in [0.1, 0.15) is 12.0 Å². The van der Waals surface area contributed by atoms with Crippen LogP contribution in [0.25, 0.3) is 0 Å². The molecule has 0 saturated carbocycles. The first kappa shape index (κ1) is 14.5. The summed E-state index contributed by atoms with van der Waals surface area (Å²) in [5.41, 5.74) is 0.499. The summed E-state index contributed by atoms with van der Waals surface area (Å²) in [5.74, 6) is -0.760. The Hall–Kier alpha value is -2.57. The minimum Gasteiger partial charge on any atom is -0.500 e. The van der Waals surface area contributed by atoms with Crippen molar-refractivity contribution in [1.29, 1.82) is 0 Å². The average molecular weight is 267 g/mol. The fraction of sp³-hybridized carbons (Fsp3) is 0.250. The van der Waals surface area contributed by atoms with Crippen molar-refractivity contribution in [3.63, 3.8) is 0 Å². The second-order valence-corrected chi connectivity index (χ2v) is 3.52. The predicted octanol–water partition coefficient (Wildman–Crippen LogP) is 1.94. The standard InChI is InChI=1S/C12H13NO6/c1-8-4-5-9(13(15)16)6-10(8)19-11(7-17-2)12(14)18-3/h4-7H,1-3H3/b11-7-. The van der Waals surface area contributed by atoms with E-state index in [2.05, 4.69) is 4.74 Å². The van der Waals surface area contributed by atoms with E-state index < -0.39 is 10.9 Å². The van der Waals surface area contributed by atoms with E-state index in [0.717, 1.165) is 6.26 Å². The zero-order chi connectivity index (χ0) is 14.4. The highest BCUT2D eigenvalue weighted by Gasteiger charge is 2.16. The maximum absolute atomic E-state index is 11.4. The van der Waals surface area contributed by atoms with E-state index in [9.17, 15) is 14.9 Å². The van der Waals surface area contributed by atoms with Crippen LogP contribution in [-0.4, -0.2) is 25.1 Å². The number of hydrogen-bond acceptors (Lipinski definition) is 6. The molecule has 7 heteroatoms. The number of hydrogen-bond donors (Lipinski definition) is 0. The van der Waals surface area contributed by atoms with Gasteiger partial charge in [-0.15, -0.1) is 0 Å². The smallest absolute Gasteiger partial charge is 0.377 e. The number of rotatable bonds is 5.